The van der Waals surface area contributed by atoms with Gasteiger partial charge in [0.05, 0.1) is 37.2 Å². The molecule has 2 aliphatic rings. The maximum Gasteiger partial charge on any atom is 0.153 e. The molecular weight excluding hydrogens is 202 g/mol. The molecule has 74 valence electrons. The van der Waals surface area contributed by atoms with E-state index in [0.29, 0.717) is 17.2 Å². The fourth-order valence-electron chi connectivity index (χ4n) is 2.23. The van der Waals surface area contributed by atoms with E-state index in [1.54, 1.807) is 6.20 Å². The molecule has 2 bridgehead atoms. The Morgan fingerprint density at radius 2 is 2.21 bits per heavy atom. The largest absolute Gasteiger partial charge is 0.377 e. The lowest BCUT2D eigenvalue weighted by Gasteiger charge is -2.53. The van der Waals surface area contributed by atoms with Crippen molar-refractivity contribution < 1.29 is 4.74 Å². The van der Waals surface area contributed by atoms with Gasteiger partial charge in [-0.15, -0.1) is 5.10 Å². The molecule has 1 aromatic rings. The van der Waals surface area contributed by atoms with Gasteiger partial charge < -0.3 is 9.64 Å². The van der Waals surface area contributed by atoms with E-state index in [4.69, 9.17) is 16.3 Å². The van der Waals surface area contributed by atoms with Crippen LogP contribution in [0.1, 0.15) is 6.42 Å². The summed E-state index contributed by atoms with van der Waals surface area (Å²) < 4.78 is 5.40. The maximum absolute atomic E-state index is 5.80. The van der Waals surface area contributed by atoms with E-state index in [-0.39, 0.29) is 0 Å². The van der Waals surface area contributed by atoms with Gasteiger partial charge in [-0.05, 0) is 6.42 Å². The lowest BCUT2D eigenvalue weighted by molar-refractivity contribution is 0.0102. The van der Waals surface area contributed by atoms with Gasteiger partial charge in [0.1, 0.15) is 0 Å². The smallest absolute Gasteiger partial charge is 0.153 e. The Morgan fingerprint density at radius 3 is 2.86 bits per heavy atom. The summed E-state index contributed by atoms with van der Waals surface area (Å²) in [5.74, 6) is 0. The third-order valence-electron chi connectivity index (χ3n) is 2.86. The SMILES string of the molecule is Clc1cc(N2C3COCC2C3)cnn1. The van der Waals surface area contributed by atoms with Crippen molar-refractivity contribution in [2.24, 2.45) is 0 Å². The van der Waals surface area contributed by atoms with E-state index in [2.05, 4.69) is 15.1 Å². The highest BCUT2D eigenvalue weighted by Gasteiger charge is 2.42. The van der Waals surface area contributed by atoms with Crippen molar-refractivity contribution in [2.45, 2.75) is 18.5 Å². The Bertz CT molecular complexity index is 346. The Hall–Kier alpha value is -0.870. The summed E-state index contributed by atoms with van der Waals surface area (Å²) in [6.07, 6.45) is 2.98. The van der Waals surface area contributed by atoms with Crippen LogP contribution in [-0.4, -0.2) is 35.5 Å². The maximum atomic E-state index is 5.80. The number of hydrogen-bond acceptors (Lipinski definition) is 4. The highest BCUT2D eigenvalue weighted by atomic mass is 35.5. The number of ether oxygens (including phenoxy) is 1. The molecular formula is C9H10ClN3O. The summed E-state index contributed by atoms with van der Waals surface area (Å²) in [6, 6.07) is 2.88. The van der Waals surface area contributed by atoms with Crippen molar-refractivity contribution in [2.75, 3.05) is 18.1 Å². The zero-order chi connectivity index (χ0) is 9.54. The second-order valence-corrected chi connectivity index (χ2v) is 4.11. The van der Waals surface area contributed by atoms with Crippen molar-refractivity contribution >= 4 is 17.3 Å². The Balaban J connectivity index is 1.89. The van der Waals surface area contributed by atoms with Crippen LogP contribution in [0.25, 0.3) is 0 Å². The van der Waals surface area contributed by atoms with Gasteiger partial charge in [-0.1, -0.05) is 11.6 Å². The molecule has 0 aliphatic carbocycles. The minimum absolute atomic E-state index is 0.452. The van der Waals surface area contributed by atoms with Crippen molar-refractivity contribution in [3.63, 3.8) is 0 Å². The van der Waals surface area contributed by atoms with Gasteiger partial charge in [-0.2, -0.15) is 5.10 Å². The highest BCUT2D eigenvalue weighted by molar-refractivity contribution is 6.29. The van der Waals surface area contributed by atoms with Gasteiger partial charge in [0.25, 0.3) is 0 Å². The van der Waals surface area contributed by atoms with Crippen LogP contribution in [0, 0.1) is 0 Å². The van der Waals surface area contributed by atoms with E-state index < -0.39 is 0 Å². The number of aromatic nitrogens is 2. The molecule has 14 heavy (non-hydrogen) atoms. The van der Waals surface area contributed by atoms with Crippen LogP contribution in [0.15, 0.2) is 12.3 Å². The van der Waals surface area contributed by atoms with Gasteiger partial charge >= 0.3 is 0 Å². The van der Waals surface area contributed by atoms with Crippen LogP contribution in [0.2, 0.25) is 5.15 Å². The molecule has 0 amide bonds. The topological polar surface area (TPSA) is 38.2 Å². The van der Waals surface area contributed by atoms with E-state index in [1.165, 1.54) is 6.42 Å². The predicted molar refractivity (Wildman–Crippen MR) is 52.5 cm³/mol. The zero-order valence-corrected chi connectivity index (χ0v) is 8.31. The molecule has 1 aromatic heterocycles. The third-order valence-corrected chi connectivity index (χ3v) is 3.04. The number of halogens is 1. The fraction of sp³-hybridized carbons (Fsp3) is 0.556. The van der Waals surface area contributed by atoms with Crippen LogP contribution >= 0.6 is 11.6 Å². The number of rotatable bonds is 1. The molecule has 3 heterocycles. The van der Waals surface area contributed by atoms with Crippen LogP contribution < -0.4 is 4.90 Å². The van der Waals surface area contributed by atoms with Gasteiger partial charge in [0, 0.05) is 6.07 Å². The molecule has 2 saturated heterocycles. The van der Waals surface area contributed by atoms with Crippen molar-refractivity contribution in [3.05, 3.63) is 17.4 Å². The minimum atomic E-state index is 0.452. The molecule has 3 rings (SSSR count). The molecule has 2 aliphatic heterocycles. The molecule has 2 unspecified atom stereocenters. The second kappa shape index (κ2) is 3.07. The van der Waals surface area contributed by atoms with Crippen molar-refractivity contribution in [1.29, 1.82) is 0 Å². The van der Waals surface area contributed by atoms with Crippen molar-refractivity contribution in [1.82, 2.24) is 10.2 Å². The summed E-state index contributed by atoms with van der Waals surface area (Å²) in [6.45, 7) is 1.63. The molecule has 0 aromatic carbocycles. The van der Waals surface area contributed by atoms with Crippen molar-refractivity contribution in [3.8, 4) is 0 Å². The van der Waals surface area contributed by atoms with Crippen LogP contribution in [-0.2, 0) is 4.74 Å². The minimum Gasteiger partial charge on any atom is -0.377 e. The number of anilines is 1. The zero-order valence-electron chi connectivity index (χ0n) is 7.56. The number of hydrogen-bond donors (Lipinski definition) is 0. The standard InChI is InChI=1S/C9H10ClN3O/c10-9-2-6(3-11-12-9)13-7-1-8(13)5-14-4-7/h2-3,7-8H,1,4-5H2. The first-order chi connectivity index (χ1) is 6.84. The Morgan fingerprint density at radius 1 is 1.43 bits per heavy atom. The van der Waals surface area contributed by atoms with E-state index in [0.717, 1.165) is 18.9 Å². The molecule has 4 nitrogen and oxygen atoms in total. The summed E-state index contributed by atoms with van der Waals surface area (Å²) in [7, 11) is 0. The third kappa shape index (κ3) is 1.18. The van der Waals surface area contributed by atoms with Gasteiger partial charge in [-0.3, -0.25) is 0 Å². The number of nitrogens with zero attached hydrogens (tertiary/aromatic N) is 3. The lowest BCUT2D eigenvalue weighted by Crippen LogP contribution is -2.64. The van der Waals surface area contributed by atoms with Gasteiger partial charge in [0.2, 0.25) is 0 Å². The second-order valence-electron chi connectivity index (χ2n) is 3.72. The van der Waals surface area contributed by atoms with E-state index in [9.17, 15) is 0 Å². The summed E-state index contributed by atoms with van der Waals surface area (Å²) >= 11 is 5.80. The normalized spacial score (nSPS) is 29.9. The number of morpholine rings is 1. The van der Waals surface area contributed by atoms with Gasteiger partial charge in [0.15, 0.2) is 5.15 Å². The summed E-state index contributed by atoms with van der Waals surface area (Å²) in [5, 5.41) is 8.03. The molecule has 0 spiro atoms. The Labute approximate surface area is 86.8 Å². The molecule has 0 N–H and O–H groups in total. The summed E-state index contributed by atoms with van der Waals surface area (Å²) in [5.41, 5.74) is 1.06. The molecule has 0 radical (unpaired) electrons. The monoisotopic (exact) mass is 211 g/mol. The Kier molecular flexibility index (Phi) is 1.85. The van der Waals surface area contributed by atoms with Gasteiger partial charge in [-0.25, -0.2) is 0 Å². The average Bonchev–Trinajstić information content (AvgIpc) is 2.18. The van der Waals surface area contributed by atoms with E-state index in [1.807, 2.05) is 6.07 Å². The first-order valence-corrected chi connectivity index (χ1v) is 5.07. The first-order valence-electron chi connectivity index (χ1n) is 4.69. The highest BCUT2D eigenvalue weighted by Crippen LogP contribution is 2.35. The summed E-state index contributed by atoms with van der Waals surface area (Å²) in [4.78, 5) is 2.32. The van der Waals surface area contributed by atoms with Crippen LogP contribution in [0.5, 0.6) is 0 Å². The molecule has 2 atom stereocenters. The molecule has 5 heteroatoms. The average molecular weight is 212 g/mol. The van der Waals surface area contributed by atoms with Crippen LogP contribution in [0.4, 0.5) is 5.69 Å². The fourth-order valence-corrected chi connectivity index (χ4v) is 2.39. The molecule has 2 fully saturated rings. The van der Waals surface area contributed by atoms with Crippen LogP contribution in [0.3, 0.4) is 0 Å². The molecule has 0 saturated carbocycles. The first kappa shape index (κ1) is 8.44. The predicted octanol–water partition coefficient (Wildman–Crippen LogP) is 1.11. The lowest BCUT2D eigenvalue weighted by atomic mass is 9.91. The number of fused-ring (bicyclic) bond motifs is 2. The quantitative estimate of drug-likeness (QED) is 0.698. The van der Waals surface area contributed by atoms with E-state index >= 15 is 0 Å².